The van der Waals surface area contributed by atoms with Crippen LogP contribution in [-0.4, -0.2) is 47.9 Å². The molecule has 1 aliphatic heterocycles. The smallest absolute Gasteiger partial charge is 0.410 e. The van der Waals surface area contributed by atoms with Gasteiger partial charge in [-0.25, -0.2) is 9.59 Å². The molecule has 1 aromatic carbocycles. The minimum absolute atomic E-state index is 0.348. The zero-order chi connectivity index (χ0) is 22.8. The van der Waals surface area contributed by atoms with Gasteiger partial charge in [0, 0.05) is 22.6 Å². The highest BCUT2D eigenvalue weighted by Crippen LogP contribution is 2.53. The molecule has 2 unspecified atom stereocenters. The van der Waals surface area contributed by atoms with Gasteiger partial charge in [0.25, 0.3) is 0 Å². The summed E-state index contributed by atoms with van der Waals surface area (Å²) in [4.78, 5) is 26.4. The molecule has 0 bridgehead atoms. The summed E-state index contributed by atoms with van der Waals surface area (Å²) < 4.78 is 12.0. The van der Waals surface area contributed by atoms with Gasteiger partial charge in [0.15, 0.2) is 0 Å². The topological polar surface area (TPSA) is 67.9 Å². The zero-order valence-corrected chi connectivity index (χ0v) is 21.0. The molecule has 0 radical (unpaired) electrons. The third-order valence-electron chi connectivity index (χ3n) is 5.77. The number of rotatable bonds is 5. The normalized spacial score (nSPS) is 25.7. The third-order valence-corrected chi connectivity index (χ3v) is 6.79. The maximum absolute atomic E-state index is 12.4. The lowest BCUT2D eigenvalue weighted by atomic mass is 9.91. The summed E-state index contributed by atoms with van der Waals surface area (Å²) in [5.41, 5.74) is 0.0736. The average Bonchev–Trinajstić information content (AvgIpc) is 3.38. The van der Waals surface area contributed by atoms with Gasteiger partial charge >= 0.3 is 12.2 Å². The number of alkyl carbamates (subject to hydrolysis) is 1. The zero-order valence-electron chi connectivity index (χ0n) is 18.7. The Balaban J connectivity index is 1.43. The first kappa shape index (κ1) is 24.2. The fraction of sp³-hybridized carbons (Fsp3) is 0.652. The molecule has 8 heteroatoms. The van der Waals surface area contributed by atoms with Crippen LogP contribution < -0.4 is 5.32 Å². The molecule has 3 rings (SSSR count). The number of hydrogen-bond acceptors (Lipinski definition) is 4. The van der Waals surface area contributed by atoms with Crippen LogP contribution in [0.1, 0.15) is 64.9 Å². The summed E-state index contributed by atoms with van der Waals surface area (Å²) in [7, 11) is 0. The van der Waals surface area contributed by atoms with E-state index in [4.69, 9.17) is 21.1 Å². The Bertz CT molecular complexity index is 808. The van der Waals surface area contributed by atoms with Gasteiger partial charge in [0.1, 0.15) is 5.60 Å². The number of piperidine rings is 1. The number of likely N-dealkylation sites (tertiary alicyclic amines) is 1. The van der Waals surface area contributed by atoms with Crippen LogP contribution in [0, 0.1) is 5.92 Å². The van der Waals surface area contributed by atoms with E-state index in [0.29, 0.717) is 31.5 Å². The summed E-state index contributed by atoms with van der Waals surface area (Å²) >= 11 is 9.93. The van der Waals surface area contributed by atoms with E-state index in [-0.39, 0.29) is 6.09 Å². The van der Waals surface area contributed by atoms with E-state index in [0.717, 1.165) is 40.7 Å². The molecular formula is C23H32BrClN2O4. The maximum Gasteiger partial charge on any atom is 0.410 e. The number of carbonyl (C=O) groups is 2. The molecule has 1 aliphatic carbocycles. The van der Waals surface area contributed by atoms with E-state index in [1.54, 1.807) is 4.90 Å². The minimum atomic E-state index is -0.544. The van der Waals surface area contributed by atoms with E-state index >= 15 is 0 Å². The summed E-state index contributed by atoms with van der Waals surface area (Å²) in [5, 5.41) is 3.74. The van der Waals surface area contributed by atoms with Crippen LogP contribution in [-0.2, 0) is 9.47 Å². The SMILES string of the molecule is CC(C)(C)OC(=O)N1CCC[C@@](C)(NC(=O)OCCC2CC2c2c(Cl)cccc2Br)C1. The Morgan fingerprint density at radius 3 is 2.77 bits per heavy atom. The predicted octanol–water partition coefficient (Wildman–Crippen LogP) is 6.11. The van der Waals surface area contributed by atoms with E-state index < -0.39 is 17.2 Å². The largest absolute Gasteiger partial charge is 0.450 e. The summed E-state index contributed by atoms with van der Waals surface area (Å²) in [6.07, 6.45) is 2.65. The molecule has 31 heavy (non-hydrogen) atoms. The lowest BCUT2D eigenvalue weighted by molar-refractivity contribution is 0.0118. The van der Waals surface area contributed by atoms with Gasteiger partial charge in [-0.3, -0.25) is 0 Å². The Hall–Kier alpha value is -1.47. The van der Waals surface area contributed by atoms with E-state index in [9.17, 15) is 9.59 Å². The van der Waals surface area contributed by atoms with Crippen molar-refractivity contribution in [3.63, 3.8) is 0 Å². The second-order valence-corrected chi connectivity index (χ2v) is 11.1. The first-order chi connectivity index (χ1) is 14.5. The van der Waals surface area contributed by atoms with Gasteiger partial charge in [-0.05, 0) is 82.9 Å². The van der Waals surface area contributed by atoms with Gasteiger partial charge < -0.3 is 19.7 Å². The fourth-order valence-corrected chi connectivity index (χ4v) is 5.28. The monoisotopic (exact) mass is 514 g/mol. The molecule has 2 fully saturated rings. The molecule has 172 valence electrons. The highest BCUT2D eigenvalue weighted by Gasteiger charge is 2.40. The van der Waals surface area contributed by atoms with Crippen molar-refractivity contribution in [1.29, 1.82) is 0 Å². The summed E-state index contributed by atoms with van der Waals surface area (Å²) in [6, 6.07) is 5.84. The number of nitrogens with one attached hydrogen (secondary N) is 1. The highest BCUT2D eigenvalue weighted by molar-refractivity contribution is 9.10. The molecule has 0 aromatic heterocycles. The van der Waals surface area contributed by atoms with Crippen LogP contribution in [0.4, 0.5) is 9.59 Å². The first-order valence-electron chi connectivity index (χ1n) is 10.8. The number of hydrogen-bond donors (Lipinski definition) is 1. The van der Waals surface area contributed by atoms with Gasteiger partial charge in [-0.15, -0.1) is 0 Å². The Morgan fingerprint density at radius 1 is 1.35 bits per heavy atom. The number of carbonyl (C=O) groups excluding carboxylic acids is 2. The van der Waals surface area contributed by atoms with E-state index in [2.05, 4.69) is 21.2 Å². The molecule has 1 saturated heterocycles. The molecule has 0 spiro atoms. The molecule has 1 heterocycles. The van der Waals surface area contributed by atoms with E-state index in [1.807, 2.05) is 45.9 Å². The maximum atomic E-state index is 12.4. The number of amides is 2. The second kappa shape index (κ2) is 9.57. The highest BCUT2D eigenvalue weighted by atomic mass is 79.9. The van der Waals surface area contributed by atoms with Crippen LogP contribution in [0.2, 0.25) is 5.02 Å². The van der Waals surface area contributed by atoms with Crippen molar-refractivity contribution in [1.82, 2.24) is 10.2 Å². The molecule has 1 saturated carbocycles. The van der Waals surface area contributed by atoms with Gasteiger partial charge in [-0.1, -0.05) is 33.6 Å². The minimum Gasteiger partial charge on any atom is -0.450 e. The molecule has 1 aromatic rings. The van der Waals surface area contributed by atoms with Gasteiger partial charge in [0.05, 0.1) is 12.1 Å². The molecule has 1 N–H and O–H groups in total. The lowest BCUT2D eigenvalue weighted by Crippen LogP contribution is -2.58. The van der Waals surface area contributed by atoms with Gasteiger partial charge in [0.2, 0.25) is 0 Å². The number of halogens is 2. The van der Waals surface area contributed by atoms with Gasteiger partial charge in [-0.2, -0.15) is 0 Å². The number of nitrogens with zero attached hydrogens (tertiary/aromatic N) is 1. The van der Waals surface area contributed by atoms with Crippen molar-refractivity contribution in [3.05, 3.63) is 33.3 Å². The molecule has 6 nitrogen and oxygen atoms in total. The molecule has 2 amide bonds. The standard InChI is InChI=1S/C23H32BrClN2O4/c1-22(2,3)31-21(29)27-11-6-10-23(4,14-27)26-20(28)30-12-9-15-13-16(15)19-17(24)7-5-8-18(19)25/h5,7-8,15-16H,6,9-14H2,1-4H3,(H,26,28)/t15?,16?,23-/m1/s1. The second-order valence-electron chi connectivity index (χ2n) is 9.85. The lowest BCUT2D eigenvalue weighted by Gasteiger charge is -2.40. The Labute approximate surface area is 198 Å². The summed E-state index contributed by atoms with van der Waals surface area (Å²) in [5.74, 6) is 0.880. The molecule has 3 atom stereocenters. The van der Waals surface area contributed by atoms with Crippen molar-refractivity contribution < 1.29 is 19.1 Å². The first-order valence-corrected chi connectivity index (χ1v) is 12.0. The van der Waals surface area contributed by atoms with Crippen molar-refractivity contribution in [2.75, 3.05) is 19.7 Å². The van der Waals surface area contributed by atoms with Crippen LogP contribution in [0.3, 0.4) is 0 Å². The van der Waals surface area contributed by atoms with E-state index in [1.165, 1.54) is 0 Å². The quantitative estimate of drug-likeness (QED) is 0.513. The van der Waals surface area contributed by atoms with Crippen LogP contribution in [0.15, 0.2) is 22.7 Å². The van der Waals surface area contributed by atoms with Crippen LogP contribution >= 0.6 is 27.5 Å². The van der Waals surface area contributed by atoms with Crippen molar-refractivity contribution in [3.8, 4) is 0 Å². The van der Waals surface area contributed by atoms with Crippen LogP contribution in [0.25, 0.3) is 0 Å². The van der Waals surface area contributed by atoms with Crippen molar-refractivity contribution >= 4 is 39.7 Å². The number of ether oxygens (including phenoxy) is 2. The van der Waals surface area contributed by atoms with Crippen LogP contribution in [0.5, 0.6) is 0 Å². The molecular weight excluding hydrogens is 484 g/mol. The predicted molar refractivity (Wildman–Crippen MR) is 125 cm³/mol. The van der Waals surface area contributed by atoms with Crippen molar-refractivity contribution in [2.45, 2.75) is 70.4 Å². The third kappa shape index (κ3) is 6.75. The Morgan fingerprint density at radius 2 is 2.10 bits per heavy atom. The molecule has 2 aliphatic rings. The summed E-state index contributed by atoms with van der Waals surface area (Å²) in [6.45, 7) is 8.87. The fourth-order valence-electron chi connectivity index (χ4n) is 4.19. The van der Waals surface area contributed by atoms with Crippen molar-refractivity contribution in [2.24, 2.45) is 5.92 Å². The number of benzene rings is 1. The Kier molecular flexibility index (Phi) is 7.47. The average molecular weight is 516 g/mol.